The second-order valence-electron chi connectivity index (χ2n) is 7.24. The standard InChI is InChI=1S/C22H28F3N3O3S/c1-3-28(4-2)19(14-17-8-6-5-7-9-17)15-27-32(30,31)20-12-10-18(11-13-20)21(29)26-16-22(23,24)25/h5-13,19,27H,3-4,14-16H2,1-2H3,(H,26,29)/t19-/m1/s1. The highest BCUT2D eigenvalue weighted by molar-refractivity contribution is 7.89. The van der Waals surface area contributed by atoms with E-state index in [0.29, 0.717) is 6.42 Å². The molecule has 32 heavy (non-hydrogen) atoms. The average Bonchev–Trinajstić information content (AvgIpc) is 2.77. The summed E-state index contributed by atoms with van der Waals surface area (Å²) in [5, 5.41) is 1.75. The number of hydrogen-bond acceptors (Lipinski definition) is 4. The zero-order valence-electron chi connectivity index (χ0n) is 18.0. The van der Waals surface area contributed by atoms with Gasteiger partial charge in [-0.25, -0.2) is 13.1 Å². The summed E-state index contributed by atoms with van der Waals surface area (Å²) in [6.45, 7) is 4.28. The predicted octanol–water partition coefficient (Wildman–Crippen LogP) is 3.21. The Balaban J connectivity index is 2.07. The van der Waals surface area contributed by atoms with Gasteiger partial charge in [0.05, 0.1) is 4.90 Å². The third-order valence-electron chi connectivity index (χ3n) is 5.03. The van der Waals surface area contributed by atoms with Gasteiger partial charge in [-0.3, -0.25) is 9.69 Å². The molecule has 0 spiro atoms. The van der Waals surface area contributed by atoms with E-state index in [0.717, 1.165) is 18.7 Å². The average molecular weight is 472 g/mol. The van der Waals surface area contributed by atoms with Gasteiger partial charge in [-0.2, -0.15) is 13.2 Å². The summed E-state index contributed by atoms with van der Waals surface area (Å²) >= 11 is 0. The predicted molar refractivity (Wildman–Crippen MR) is 117 cm³/mol. The summed E-state index contributed by atoms with van der Waals surface area (Å²) in [6, 6.07) is 14.5. The molecule has 0 aliphatic carbocycles. The minimum absolute atomic E-state index is 0.0571. The molecule has 0 unspecified atom stereocenters. The second kappa shape index (κ2) is 11.4. The maximum atomic E-state index is 12.7. The summed E-state index contributed by atoms with van der Waals surface area (Å²) in [6.07, 6.45) is -3.85. The highest BCUT2D eigenvalue weighted by Gasteiger charge is 2.28. The quantitative estimate of drug-likeness (QED) is 0.528. The van der Waals surface area contributed by atoms with Gasteiger partial charge in [0.1, 0.15) is 6.54 Å². The van der Waals surface area contributed by atoms with Gasteiger partial charge in [0.2, 0.25) is 10.0 Å². The fourth-order valence-electron chi connectivity index (χ4n) is 3.31. The van der Waals surface area contributed by atoms with Crippen molar-refractivity contribution in [3.8, 4) is 0 Å². The Morgan fingerprint density at radius 3 is 2.12 bits per heavy atom. The Labute approximate surface area is 186 Å². The van der Waals surface area contributed by atoms with Crippen molar-refractivity contribution in [1.82, 2.24) is 14.9 Å². The zero-order chi connectivity index (χ0) is 23.8. The van der Waals surface area contributed by atoms with Crippen molar-refractivity contribution in [2.45, 2.75) is 37.4 Å². The summed E-state index contributed by atoms with van der Waals surface area (Å²) in [4.78, 5) is 13.9. The molecule has 0 heterocycles. The van der Waals surface area contributed by atoms with E-state index in [1.54, 1.807) is 5.32 Å². The van der Waals surface area contributed by atoms with Crippen molar-refractivity contribution < 1.29 is 26.4 Å². The van der Waals surface area contributed by atoms with E-state index in [-0.39, 0.29) is 23.0 Å². The third-order valence-corrected chi connectivity index (χ3v) is 6.47. The molecule has 1 amide bonds. The number of amides is 1. The minimum atomic E-state index is -4.52. The molecule has 2 N–H and O–H groups in total. The number of hydrogen-bond donors (Lipinski definition) is 2. The largest absolute Gasteiger partial charge is 0.405 e. The first kappa shape index (κ1) is 25.8. The van der Waals surface area contributed by atoms with Crippen molar-refractivity contribution in [1.29, 1.82) is 0 Å². The van der Waals surface area contributed by atoms with Gasteiger partial charge < -0.3 is 5.32 Å². The normalized spacial score (nSPS) is 13.2. The van der Waals surface area contributed by atoms with E-state index < -0.39 is 28.7 Å². The Hall–Kier alpha value is -2.43. The van der Waals surface area contributed by atoms with Gasteiger partial charge in [-0.1, -0.05) is 44.2 Å². The number of carbonyl (C=O) groups excluding carboxylic acids is 1. The molecule has 0 aromatic heterocycles. The summed E-state index contributed by atoms with van der Waals surface area (Å²) in [5.41, 5.74) is 1.04. The smallest absolute Gasteiger partial charge is 0.343 e. The van der Waals surface area contributed by atoms with Crippen LogP contribution in [-0.2, 0) is 16.4 Å². The van der Waals surface area contributed by atoms with Gasteiger partial charge in [0, 0.05) is 18.2 Å². The SMILES string of the molecule is CCN(CC)[C@@H](CNS(=O)(=O)c1ccc(C(=O)NCC(F)(F)F)cc1)Cc1ccccc1. The van der Waals surface area contributed by atoms with Crippen LogP contribution >= 0.6 is 0 Å². The number of carbonyl (C=O) groups is 1. The Kier molecular flexibility index (Phi) is 9.23. The highest BCUT2D eigenvalue weighted by atomic mass is 32.2. The van der Waals surface area contributed by atoms with Crippen LogP contribution in [-0.4, -0.2) is 57.6 Å². The first-order valence-corrected chi connectivity index (χ1v) is 11.8. The van der Waals surface area contributed by atoms with Crippen LogP contribution in [0.25, 0.3) is 0 Å². The molecule has 2 aromatic rings. The lowest BCUT2D eigenvalue weighted by molar-refractivity contribution is -0.123. The Morgan fingerprint density at radius 2 is 1.59 bits per heavy atom. The monoisotopic (exact) mass is 471 g/mol. The fraction of sp³-hybridized carbons (Fsp3) is 0.409. The first-order chi connectivity index (χ1) is 15.1. The molecular formula is C22H28F3N3O3S. The van der Waals surface area contributed by atoms with Crippen LogP contribution < -0.4 is 10.0 Å². The number of alkyl halides is 3. The van der Waals surface area contributed by atoms with E-state index >= 15 is 0 Å². The van der Waals surface area contributed by atoms with E-state index in [1.165, 1.54) is 24.3 Å². The van der Waals surface area contributed by atoms with Gasteiger partial charge >= 0.3 is 6.18 Å². The number of nitrogens with one attached hydrogen (secondary N) is 2. The Morgan fingerprint density at radius 1 is 1.00 bits per heavy atom. The van der Waals surface area contributed by atoms with Crippen LogP contribution in [0.5, 0.6) is 0 Å². The van der Waals surface area contributed by atoms with Crippen LogP contribution in [0.4, 0.5) is 13.2 Å². The van der Waals surface area contributed by atoms with Crippen LogP contribution in [0.1, 0.15) is 29.8 Å². The number of likely N-dealkylation sites (N-methyl/N-ethyl adjacent to an activating group) is 1. The zero-order valence-corrected chi connectivity index (χ0v) is 18.8. The molecule has 10 heteroatoms. The number of sulfonamides is 1. The lowest BCUT2D eigenvalue weighted by Gasteiger charge is -2.30. The molecule has 0 aliphatic rings. The number of halogens is 3. The molecule has 0 saturated carbocycles. The van der Waals surface area contributed by atoms with Crippen molar-refractivity contribution in [3.05, 3.63) is 65.7 Å². The van der Waals surface area contributed by atoms with Crippen LogP contribution in [0.2, 0.25) is 0 Å². The van der Waals surface area contributed by atoms with Crippen molar-refractivity contribution in [2.75, 3.05) is 26.2 Å². The molecular weight excluding hydrogens is 443 g/mol. The minimum Gasteiger partial charge on any atom is -0.343 e. The molecule has 0 aliphatic heterocycles. The lowest BCUT2D eigenvalue weighted by Crippen LogP contribution is -2.45. The highest BCUT2D eigenvalue weighted by Crippen LogP contribution is 2.15. The van der Waals surface area contributed by atoms with Crippen molar-refractivity contribution in [2.24, 2.45) is 0 Å². The van der Waals surface area contributed by atoms with Crippen molar-refractivity contribution in [3.63, 3.8) is 0 Å². The van der Waals surface area contributed by atoms with Gasteiger partial charge in [0.15, 0.2) is 0 Å². The fourth-order valence-corrected chi connectivity index (χ4v) is 4.39. The molecule has 0 radical (unpaired) electrons. The maximum Gasteiger partial charge on any atom is 0.405 e. The van der Waals surface area contributed by atoms with Gasteiger partial charge in [-0.05, 0) is 49.3 Å². The molecule has 2 aromatic carbocycles. The molecule has 0 fully saturated rings. The topological polar surface area (TPSA) is 78.5 Å². The first-order valence-electron chi connectivity index (χ1n) is 10.3. The lowest BCUT2D eigenvalue weighted by atomic mass is 10.0. The molecule has 1 atom stereocenters. The van der Waals surface area contributed by atoms with Crippen molar-refractivity contribution >= 4 is 15.9 Å². The van der Waals surface area contributed by atoms with Gasteiger partial charge in [0.25, 0.3) is 5.91 Å². The van der Waals surface area contributed by atoms with E-state index in [9.17, 15) is 26.4 Å². The maximum absolute atomic E-state index is 12.7. The molecule has 0 bridgehead atoms. The van der Waals surface area contributed by atoms with Crippen LogP contribution in [0.3, 0.4) is 0 Å². The third kappa shape index (κ3) is 7.92. The summed E-state index contributed by atoms with van der Waals surface area (Å²) in [7, 11) is -3.86. The molecule has 6 nitrogen and oxygen atoms in total. The number of nitrogens with zero attached hydrogens (tertiary/aromatic N) is 1. The molecule has 176 valence electrons. The van der Waals surface area contributed by atoms with Crippen LogP contribution in [0, 0.1) is 0 Å². The summed E-state index contributed by atoms with van der Waals surface area (Å²) in [5.74, 6) is -0.927. The summed E-state index contributed by atoms with van der Waals surface area (Å²) < 4.78 is 64.8. The Bertz CT molecular complexity index is 961. The van der Waals surface area contributed by atoms with E-state index in [4.69, 9.17) is 0 Å². The molecule has 0 saturated heterocycles. The number of rotatable bonds is 11. The molecule has 2 rings (SSSR count). The van der Waals surface area contributed by atoms with E-state index in [1.807, 2.05) is 44.2 Å². The van der Waals surface area contributed by atoms with Gasteiger partial charge in [-0.15, -0.1) is 0 Å². The van der Waals surface area contributed by atoms with Crippen LogP contribution in [0.15, 0.2) is 59.5 Å². The number of benzene rings is 2. The second-order valence-corrected chi connectivity index (χ2v) is 9.01. The van der Waals surface area contributed by atoms with E-state index in [2.05, 4.69) is 9.62 Å².